The number of carbonyl (C=O) groups excluding carboxylic acids is 1. The van der Waals surface area contributed by atoms with Crippen LogP contribution in [0, 0.1) is 5.41 Å². The van der Waals surface area contributed by atoms with Gasteiger partial charge in [-0.1, -0.05) is 6.42 Å². The third kappa shape index (κ3) is 2.57. The number of carbonyl (C=O) groups is 1. The molecule has 0 bridgehead atoms. The molecule has 18 heavy (non-hydrogen) atoms. The summed E-state index contributed by atoms with van der Waals surface area (Å²) in [6.07, 6.45) is 4.22. The summed E-state index contributed by atoms with van der Waals surface area (Å²) in [5, 5.41) is 2.79. The van der Waals surface area contributed by atoms with Crippen LogP contribution in [0.5, 0.6) is 0 Å². The Bertz CT molecular complexity index is 482. The Labute approximate surface area is 122 Å². The SMILES string of the molecule is CC1(C(=O)Nc2ncc(Br)nc2Br)CCCC1N. The summed E-state index contributed by atoms with van der Waals surface area (Å²) < 4.78 is 1.11. The Morgan fingerprint density at radius 1 is 1.61 bits per heavy atom. The molecule has 1 heterocycles. The maximum Gasteiger partial charge on any atom is 0.233 e. The van der Waals surface area contributed by atoms with Crippen molar-refractivity contribution in [2.24, 2.45) is 11.1 Å². The van der Waals surface area contributed by atoms with Crippen LogP contribution >= 0.6 is 31.9 Å². The molecule has 0 aliphatic heterocycles. The summed E-state index contributed by atoms with van der Waals surface area (Å²) in [6, 6.07) is -0.0975. The van der Waals surface area contributed by atoms with Crippen LogP contribution in [0.4, 0.5) is 5.82 Å². The summed E-state index contributed by atoms with van der Waals surface area (Å²) in [5.74, 6) is 0.327. The van der Waals surface area contributed by atoms with E-state index in [4.69, 9.17) is 5.73 Å². The third-order valence-electron chi connectivity index (χ3n) is 3.48. The normalized spacial score (nSPS) is 27.2. The van der Waals surface area contributed by atoms with Crippen molar-refractivity contribution in [3.63, 3.8) is 0 Å². The molecule has 1 aliphatic rings. The molecule has 1 aromatic heterocycles. The average molecular weight is 378 g/mol. The van der Waals surface area contributed by atoms with Crippen LogP contribution in [-0.2, 0) is 4.79 Å². The molecule has 0 aromatic carbocycles. The van der Waals surface area contributed by atoms with E-state index in [9.17, 15) is 4.79 Å². The molecule has 0 radical (unpaired) electrons. The highest BCUT2D eigenvalue weighted by atomic mass is 79.9. The predicted molar refractivity (Wildman–Crippen MR) is 76.0 cm³/mol. The predicted octanol–water partition coefficient (Wildman–Crippen LogP) is 2.46. The minimum Gasteiger partial charge on any atom is -0.327 e. The molecule has 1 aliphatic carbocycles. The van der Waals surface area contributed by atoms with Crippen molar-refractivity contribution in [2.75, 3.05) is 5.32 Å². The van der Waals surface area contributed by atoms with Crippen LogP contribution in [0.1, 0.15) is 26.2 Å². The van der Waals surface area contributed by atoms with Crippen molar-refractivity contribution in [2.45, 2.75) is 32.2 Å². The van der Waals surface area contributed by atoms with Crippen LogP contribution in [0.25, 0.3) is 0 Å². The first-order valence-corrected chi connectivity index (χ1v) is 7.27. The zero-order valence-corrected chi connectivity index (χ0v) is 13.1. The zero-order valence-electron chi connectivity index (χ0n) is 9.91. The maximum absolute atomic E-state index is 12.3. The number of amides is 1. The molecule has 3 N–H and O–H groups in total. The van der Waals surface area contributed by atoms with E-state index in [2.05, 4.69) is 47.1 Å². The second-order valence-electron chi connectivity index (χ2n) is 4.70. The highest BCUT2D eigenvalue weighted by Crippen LogP contribution is 2.37. The van der Waals surface area contributed by atoms with E-state index < -0.39 is 5.41 Å². The minimum atomic E-state index is -0.520. The lowest BCUT2D eigenvalue weighted by molar-refractivity contribution is -0.125. The number of nitrogens with two attached hydrogens (primary N) is 1. The summed E-state index contributed by atoms with van der Waals surface area (Å²) >= 11 is 6.48. The van der Waals surface area contributed by atoms with E-state index in [-0.39, 0.29) is 11.9 Å². The lowest BCUT2D eigenvalue weighted by atomic mass is 9.84. The molecule has 2 unspecified atom stereocenters. The van der Waals surface area contributed by atoms with E-state index in [0.29, 0.717) is 15.0 Å². The second kappa shape index (κ2) is 5.22. The third-order valence-corrected chi connectivity index (χ3v) is 4.42. The maximum atomic E-state index is 12.3. The van der Waals surface area contributed by atoms with Gasteiger partial charge in [-0.25, -0.2) is 9.97 Å². The van der Waals surface area contributed by atoms with Gasteiger partial charge >= 0.3 is 0 Å². The van der Waals surface area contributed by atoms with Crippen molar-refractivity contribution in [1.29, 1.82) is 0 Å². The Morgan fingerprint density at radius 3 is 2.89 bits per heavy atom. The van der Waals surface area contributed by atoms with Crippen molar-refractivity contribution in [1.82, 2.24) is 9.97 Å². The molecule has 1 fully saturated rings. The van der Waals surface area contributed by atoms with Crippen LogP contribution in [0.15, 0.2) is 15.4 Å². The van der Waals surface area contributed by atoms with Gasteiger partial charge in [0.15, 0.2) is 5.82 Å². The molecule has 1 saturated carbocycles. The molecule has 5 nitrogen and oxygen atoms in total. The molecule has 98 valence electrons. The molecule has 7 heteroatoms. The molecular formula is C11H14Br2N4O. The smallest absolute Gasteiger partial charge is 0.233 e. The largest absolute Gasteiger partial charge is 0.327 e. The average Bonchev–Trinajstić information content (AvgIpc) is 2.64. The number of halogens is 2. The number of nitrogens with one attached hydrogen (secondary N) is 1. The Kier molecular flexibility index (Phi) is 4.03. The van der Waals surface area contributed by atoms with Gasteiger partial charge < -0.3 is 11.1 Å². The lowest BCUT2D eigenvalue weighted by Crippen LogP contribution is -2.44. The van der Waals surface area contributed by atoms with Gasteiger partial charge in [-0.05, 0) is 51.6 Å². The topological polar surface area (TPSA) is 80.9 Å². The fraction of sp³-hybridized carbons (Fsp3) is 0.545. The summed E-state index contributed by atoms with van der Waals surface area (Å²) in [7, 11) is 0. The van der Waals surface area contributed by atoms with Crippen molar-refractivity contribution >= 4 is 43.6 Å². The van der Waals surface area contributed by atoms with Gasteiger partial charge in [-0.2, -0.15) is 0 Å². The fourth-order valence-electron chi connectivity index (χ4n) is 2.16. The summed E-state index contributed by atoms with van der Waals surface area (Å²) in [6.45, 7) is 1.90. The highest BCUT2D eigenvalue weighted by molar-refractivity contribution is 9.11. The monoisotopic (exact) mass is 376 g/mol. The summed E-state index contributed by atoms with van der Waals surface area (Å²) in [4.78, 5) is 20.5. The molecule has 1 aromatic rings. The van der Waals surface area contributed by atoms with Gasteiger partial charge in [0.05, 0.1) is 11.6 Å². The molecular weight excluding hydrogens is 364 g/mol. The van der Waals surface area contributed by atoms with Crippen LogP contribution < -0.4 is 11.1 Å². The molecule has 2 rings (SSSR count). The van der Waals surface area contributed by atoms with Gasteiger partial charge in [0.2, 0.25) is 5.91 Å². The van der Waals surface area contributed by atoms with Crippen LogP contribution in [0.3, 0.4) is 0 Å². The Hall–Kier alpha value is -0.530. The van der Waals surface area contributed by atoms with E-state index in [1.165, 1.54) is 6.20 Å². The number of hydrogen-bond donors (Lipinski definition) is 2. The van der Waals surface area contributed by atoms with Gasteiger partial charge in [0.1, 0.15) is 9.21 Å². The number of anilines is 1. The zero-order chi connectivity index (χ0) is 13.3. The second-order valence-corrected chi connectivity index (χ2v) is 6.27. The standard InChI is InChI=1S/C11H14Br2N4O/c1-11(4-2-3-6(11)14)10(18)17-9-8(13)16-7(12)5-15-9/h5-6H,2-4,14H2,1H3,(H,15,17,18). The van der Waals surface area contributed by atoms with E-state index in [0.717, 1.165) is 19.3 Å². The Balaban J connectivity index is 2.16. The first-order chi connectivity index (χ1) is 8.43. The van der Waals surface area contributed by atoms with Gasteiger partial charge in [-0.15, -0.1) is 0 Å². The highest BCUT2D eigenvalue weighted by Gasteiger charge is 2.43. The Morgan fingerprint density at radius 2 is 2.33 bits per heavy atom. The molecule has 0 saturated heterocycles. The van der Waals surface area contributed by atoms with Gasteiger partial charge in [-0.3, -0.25) is 4.79 Å². The summed E-state index contributed by atoms with van der Waals surface area (Å²) in [5.41, 5.74) is 5.49. The number of hydrogen-bond acceptors (Lipinski definition) is 4. The number of aromatic nitrogens is 2. The van der Waals surface area contributed by atoms with Gasteiger partial charge in [0, 0.05) is 6.04 Å². The van der Waals surface area contributed by atoms with Crippen LogP contribution in [-0.4, -0.2) is 21.9 Å². The number of rotatable bonds is 2. The van der Waals surface area contributed by atoms with E-state index >= 15 is 0 Å². The van der Waals surface area contributed by atoms with Crippen molar-refractivity contribution < 1.29 is 4.79 Å². The quantitative estimate of drug-likeness (QED) is 0.829. The van der Waals surface area contributed by atoms with Gasteiger partial charge in [0.25, 0.3) is 0 Å². The van der Waals surface area contributed by atoms with Crippen molar-refractivity contribution in [3.8, 4) is 0 Å². The van der Waals surface area contributed by atoms with E-state index in [1.54, 1.807) is 0 Å². The van der Waals surface area contributed by atoms with E-state index in [1.807, 2.05) is 6.92 Å². The molecule has 1 amide bonds. The first-order valence-electron chi connectivity index (χ1n) is 5.68. The fourth-order valence-corrected chi connectivity index (χ4v) is 3.07. The first kappa shape index (κ1) is 13.9. The van der Waals surface area contributed by atoms with Crippen LogP contribution in [0.2, 0.25) is 0 Å². The number of nitrogens with zero attached hydrogens (tertiary/aromatic N) is 2. The lowest BCUT2D eigenvalue weighted by Gasteiger charge is -2.27. The minimum absolute atomic E-state index is 0.0928. The molecule has 0 spiro atoms. The van der Waals surface area contributed by atoms with Crippen molar-refractivity contribution in [3.05, 3.63) is 15.4 Å². The molecule has 2 atom stereocenters.